The second-order valence-corrected chi connectivity index (χ2v) is 4.53. The van der Waals surface area contributed by atoms with Crippen LogP contribution in [0.2, 0.25) is 0 Å². The summed E-state index contributed by atoms with van der Waals surface area (Å²) in [6.45, 7) is 0. The van der Waals surface area contributed by atoms with E-state index in [1.165, 1.54) is 0 Å². The fraction of sp³-hybridized carbons (Fsp3) is 0.143. The Bertz CT molecular complexity index is 685. The van der Waals surface area contributed by atoms with Gasteiger partial charge in [-0.25, -0.2) is 10.1 Å². The van der Waals surface area contributed by atoms with E-state index < -0.39 is 0 Å². The topological polar surface area (TPSA) is 73.7 Å². The van der Waals surface area contributed by atoms with E-state index in [0.717, 1.165) is 16.9 Å². The molecule has 0 aliphatic heterocycles. The number of hydrazine groups is 1. The number of hydrogen-bond acceptors (Lipinski definition) is 4. The van der Waals surface area contributed by atoms with Crippen LogP contribution in [-0.4, -0.2) is 19.6 Å². The molecule has 0 fully saturated rings. The van der Waals surface area contributed by atoms with E-state index in [1.807, 2.05) is 60.5 Å². The minimum atomic E-state index is -0.139. The smallest absolute Gasteiger partial charge is 0.0908 e. The van der Waals surface area contributed by atoms with Gasteiger partial charge >= 0.3 is 0 Å². The molecule has 3 N–H and O–H groups in total. The first kappa shape index (κ1) is 12.6. The molecule has 0 radical (unpaired) electrons. The van der Waals surface area contributed by atoms with Crippen LogP contribution in [0.5, 0.6) is 0 Å². The molecule has 20 heavy (non-hydrogen) atoms. The van der Waals surface area contributed by atoms with Gasteiger partial charge in [0.15, 0.2) is 0 Å². The number of para-hydroxylation sites is 1. The lowest BCUT2D eigenvalue weighted by atomic mass is 10.1. The Kier molecular flexibility index (Phi) is 3.32. The van der Waals surface area contributed by atoms with E-state index in [0.29, 0.717) is 0 Å². The van der Waals surface area contributed by atoms with Gasteiger partial charge in [-0.2, -0.15) is 10.2 Å². The molecule has 102 valence electrons. The lowest BCUT2D eigenvalue weighted by molar-refractivity contribution is 0.575. The Balaban J connectivity index is 1.95. The Morgan fingerprint density at radius 3 is 2.60 bits per heavy atom. The Hall–Kier alpha value is -2.44. The summed E-state index contributed by atoms with van der Waals surface area (Å²) in [6, 6.07) is 11.8. The molecule has 0 saturated heterocycles. The van der Waals surface area contributed by atoms with Crippen LogP contribution in [-0.2, 0) is 7.05 Å². The Morgan fingerprint density at radius 2 is 1.95 bits per heavy atom. The zero-order chi connectivity index (χ0) is 13.9. The van der Waals surface area contributed by atoms with Crippen LogP contribution in [0.3, 0.4) is 0 Å². The Morgan fingerprint density at radius 1 is 1.15 bits per heavy atom. The number of aryl methyl sites for hydroxylation is 1. The van der Waals surface area contributed by atoms with E-state index in [4.69, 9.17) is 5.84 Å². The minimum absolute atomic E-state index is 0.139. The molecule has 1 unspecified atom stereocenters. The molecule has 3 rings (SSSR count). The SMILES string of the molecule is Cn1nccc1C(NN)c1cnn(-c2ccccc2)c1. The van der Waals surface area contributed by atoms with E-state index in [9.17, 15) is 0 Å². The standard InChI is InChI=1S/C14H16N6/c1-19-13(7-8-16-19)14(18-15)11-9-17-20(10-11)12-5-3-2-4-6-12/h2-10,14,18H,15H2,1H3. The molecule has 0 amide bonds. The lowest BCUT2D eigenvalue weighted by Gasteiger charge is -2.14. The van der Waals surface area contributed by atoms with Crippen LogP contribution < -0.4 is 11.3 Å². The molecule has 3 aromatic rings. The molecule has 0 spiro atoms. The van der Waals surface area contributed by atoms with Crippen molar-refractivity contribution in [2.45, 2.75) is 6.04 Å². The monoisotopic (exact) mass is 268 g/mol. The maximum Gasteiger partial charge on any atom is 0.0908 e. The summed E-state index contributed by atoms with van der Waals surface area (Å²) in [5.74, 6) is 5.68. The van der Waals surface area contributed by atoms with Crippen molar-refractivity contribution in [3.63, 3.8) is 0 Å². The molecule has 6 heteroatoms. The van der Waals surface area contributed by atoms with E-state index >= 15 is 0 Å². The maximum absolute atomic E-state index is 5.68. The van der Waals surface area contributed by atoms with Gasteiger partial charge in [0.1, 0.15) is 0 Å². The van der Waals surface area contributed by atoms with Crippen molar-refractivity contribution >= 4 is 0 Å². The third-order valence-electron chi connectivity index (χ3n) is 3.28. The van der Waals surface area contributed by atoms with Crippen LogP contribution in [0.15, 0.2) is 55.0 Å². The summed E-state index contributed by atoms with van der Waals surface area (Å²) < 4.78 is 3.63. The average Bonchev–Trinajstić information content (AvgIpc) is 3.12. The molecule has 2 heterocycles. The van der Waals surface area contributed by atoms with Crippen molar-refractivity contribution in [2.75, 3.05) is 0 Å². The number of nitrogens with zero attached hydrogens (tertiary/aromatic N) is 4. The highest BCUT2D eigenvalue weighted by Gasteiger charge is 2.17. The Labute approximate surface area is 116 Å². The van der Waals surface area contributed by atoms with Crippen molar-refractivity contribution < 1.29 is 0 Å². The van der Waals surface area contributed by atoms with Crippen LogP contribution in [0.25, 0.3) is 5.69 Å². The predicted molar refractivity (Wildman–Crippen MR) is 75.9 cm³/mol. The first-order chi connectivity index (χ1) is 9.79. The number of nitrogens with two attached hydrogens (primary N) is 1. The predicted octanol–water partition coefficient (Wildman–Crippen LogP) is 1.16. The van der Waals surface area contributed by atoms with Crippen molar-refractivity contribution in [3.05, 3.63) is 66.2 Å². The molecule has 1 aromatic carbocycles. The summed E-state index contributed by atoms with van der Waals surface area (Å²) in [4.78, 5) is 0. The number of benzene rings is 1. The molecule has 0 saturated carbocycles. The normalized spacial score (nSPS) is 12.5. The zero-order valence-electron chi connectivity index (χ0n) is 11.1. The molecule has 2 aromatic heterocycles. The highest BCUT2D eigenvalue weighted by molar-refractivity contribution is 5.32. The first-order valence-electron chi connectivity index (χ1n) is 6.33. The molecular formula is C14H16N6. The number of aromatic nitrogens is 4. The van der Waals surface area contributed by atoms with Crippen LogP contribution in [0, 0.1) is 0 Å². The van der Waals surface area contributed by atoms with Crippen LogP contribution in [0.1, 0.15) is 17.3 Å². The van der Waals surface area contributed by atoms with Gasteiger partial charge < -0.3 is 0 Å². The fourth-order valence-corrected chi connectivity index (χ4v) is 2.23. The van der Waals surface area contributed by atoms with Gasteiger partial charge in [-0.15, -0.1) is 0 Å². The largest absolute Gasteiger partial charge is 0.271 e. The molecule has 0 bridgehead atoms. The first-order valence-corrected chi connectivity index (χ1v) is 6.33. The summed E-state index contributed by atoms with van der Waals surface area (Å²) in [7, 11) is 1.89. The van der Waals surface area contributed by atoms with Gasteiger partial charge in [0.2, 0.25) is 0 Å². The number of nitrogens with one attached hydrogen (secondary N) is 1. The quantitative estimate of drug-likeness (QED) is 0.550. The summed E-state index contributed by atoms with van der Waals surface area (Å²) in [5, 5.41) is 8.56. The van der Waals surface area contributed by atoms with Gasteiger partial charge in [0.05, 0.1) is 23.6 Å². The summed E-state index contributed by atoms with van der Waals surface area (Å²) >= 11 is 0. The summed E-state index contributed by atoms with van der Waals surface area (Å²) in [5.41, 5.74) is 5.80. The van der Waals surface area contributed by atoms with Crippen molar-refractivity contribution in [2.24, 2.45) is 12.9 Å². The van der Waals surface area contributed by atoms with E-state index in [-0.39, 0.29) is 6.04 Å². The van der Waals surface area contributed by atoms with Crippen molar-refractivity contribution in [1.29, 1.82) is 0 Å². The van der Waals surface area contributed by atoms with Crippen LogP contribution in [0.4, 0.5) is 0 Å². The second-order valence-electron chi connectivity index (χ2n) is 4.53. The van der Waals surface area contributed by atoms with Gasteiger partial charge in [-0.05, 0) is 18.2 Å². The molecule has 1 atom stereocenters. The van der Waals surface area contributed by atoms with Crippen molar-refractivity contribution in [3.8, 4) is 5.69 Å². The molecular weight excluding hydrogens is 252 g/mol. The highest BCUT2D eigenvalue weighted by Crippen LogP contribution is 2.21. The number of hydrogen-bond donors (Lipinski definition) is 2. The third-order valence-corrected chi connectivity index (χ3v) is 3.28. The van der Waals surface area contributed by atoms with Gasteiger partial charge in [-0.3, -0.25) is 10.5 Å². The van der Waals surface area contributed by atoms with Crippen molar-refractivity contribution in [1.82, 2.24) is 25.0 Å². The molecule has 0 aliphatic carbocycles. The minimum Gasteiger partial charge on any atom is -0.271 e. The zero-order valence-corrected chi connectivity index (χ0v) is 11.1. The van der Waals surface area contributed by atoms with Gasteiger partial charge in [0.25, 0.3) is 0 Å². The maximum atomic E-state index is 5.68. The number of rotatable bonds is 4. The fourth-order valence-electron chi connectivity index (χ4n) is 2.23. The summed E-state index contributed by atoms with van der Waals surface area (Å²) in [6.07, 6.45) is 5.53. The average molecular weight is 268 g/mol. The molecule has 6 nitrogen and oxygen atoms in total. The van der Waals surface area contributed by atoms with Gasteiger partial charge in [0, 0.05) is 25.0 Å². The van der Waals surface area contributed by atoms with E-state index in [1.54, 1.807) is 10.9 Å². The van der Waals surface area contributed by atoms with Gasteiger partial charge in [-0.1, -0.05) is 18.2 Å². The second kappa shape index (κ2) is 5.28. The molecule has 0 aliphatic rings. The highest BCUT2D eigenvalue weighted by atomic mass is 15.3. The van der Waals surface area contributed by atoms with E-state index in [2.05, 4.69) is 15.6 Å². The van der Waals surface area contributed by atoms with Crippen LogP contribution >= 0.6 is 0 Å². The third kappa shape index (κ3) is 2.22. The lowest BCUT2D eigenvalue weighted by Crippen LogP contribution is -2.30.